The van der Waals surface area contributed by atoms with Crippen LogP contribution in [-0.4, -0.2) is 48.2 Å². The second kappa shape index (κ2) is 11.2. The van der Waals surface area contributed by atoms with Crippen LogP contribution >= 0.6 is 11.3 Å². The van der Waals surface area contributed by atoms with Crippen molar-refractivity contribution in [3.63, 3.8) is 0 Å². The van der Waals surface area contributed by atoms with Crippen molar-refractivity contribution >= 4 is 27.3 Å². The predicted molar refractivity (Wildman–Crippen MR) is 114 cm³/mol. The topological polar surface area (TPSA) is 91.8 Å². The molecule has 7 nitrogen and oxygen atoms in total. The van der Waals surface area contributed by atoms with Gasteiger partial charge in [-0.3, -0.25) is 4.99 Å². The minimum atomic E-state index is -3.55. The second-order valence-electron chi connectivity index (χ2n) is 6.30. The standard InChI is InChI=1S/C19H28N4O3S2/c1-15(17-7-10-27-14-17)12-21-19(20-2)22-13-16-5-4-6-18(11-16)28(24,25)23-8-9-26-3/h4-7,10-11,14-15,23H,8-9,12-13H2,1-3H3,(H2,20,21,22). The Morgan fingerprint density at radius 3 is 2.79 bits per heavy atom. The number of methoxy groups -OCH3 is 1. The lowest BCUT2D eigenvalue weighted by molar-refractivity contribution is 0.204. The van der Waals surface area contributed by atoms with E-state index in [0.29, 0.717) is 25.0 Å². The largest absolute Gasteiger partial charge is 0.383 e. The van der Waals surface area contributed by atoms with E-state index in [-0.39, 0.29) is 11.4 Å². The van der Waals surface area contributed by atoms with Gasteiger partial charge in [0.2, 0.25) is 10.0 Å². The number of nitrogens with one attached hydrogen (secondary N) is 3. The molecule has 0 radical (unpaired) electrons. The normalized spacial score (nSPS) is 13.3. The fourth-order valence-corrected chi connectivity index (χ4v) is 4.38. The number of hydrogen-bond donors (Lipinski definition) is 3. The highest BCUT2D eigenvalue weighted by molar-refractivity contribution is 7.89. The Kier molecular flexibility index (Phi) is 8.91. The summed E-state index contributed by atoms with van der Waals surface area (Å²) in [6.07, 6.45) is 0. The Labute approximate surface area is 171 Å². The molecule has 0 aliphatic heterocycles. The van der Waals surface area contributed by atoms with Crippen molar-refractivity contribution in [2.24, 2.45) is 4.99 Å². The van der Waals surface area contributed by atoms with Gasteiger partial charge in [-0.15, -0.1) is 0 Å². The van der Waals surface area contributed by atoms with E-state index < -0.39 is 10.0 Å². The number of sulfonamides is 1. The van der Waals surface area contributed by atoms with E-state index >= 15 is 0 Å². The van der Waals surface area contributed by atoms with E-state index in [4.69, 9.17) is 4.74 Å². The molecule has 1 aromatic carbocycles. The zero-order valence-electron chi connectivity index (χ0n) is 16.4. The van der Waals surface area contributed by atoms with Gasteiger partial charge < -0.3 is 15.4 Å². The first kappa shape index (κ1) is 22.4. The van der Waals surface area contributed by atoms with E-state index in [1.807, 2.05) is 6.07 Å². The molecule has 1 atom stereocenters. The van der Waals surface area contributed by atoms with Gasteiger partial charge in [0.05, 0.1) is 11.5 Å². The average molecular weight is 425 g/mol. The number of thiophene rings is 1. The van der Waals surface area contributed by atoms with Gasteiger partial charge in [-0.2, -0.15) is 11.3 Å². The Morgan fingerprint density at radius 2 is 2.11 bits per heavy atom. The molecule has 1 heterocycles. The lowest BCUT2D eigenvalue weighted by Crippen LogP contribution is -2.38. The molecule has 154 valence electrons. The summed E-state index contributed by atoms with van der Waals surface area (Å²) in [5, 5.41) is 10.8. The first-order valence-corrected chi connectivity index (χ1v) is 11.4. The number of rotatable bonds is 10. The molecule has 2 rings (SSSR count). The van der Waals surface area contributed by atoms with Crippen LogP contribution in [0.15, 0.2) is 51.0 Å². The fraction of sp³-hybridized carbons (Fsp3) is 0.421. The molecule has 0 saturated heterocycles. The molecule has 2 aromatic rings. The zero-order valence-corrected chi connectivity index (χ0v) is 18.1. The summed E-state index contributed by atoms with van der Waals surface area (Å²) in [5.74, 6) is 1.05. The van der Waals surface area contributed by atoms with E-state index in [0.717, 1.165) is 12.1 Å². The number of benzene rings is 1. The molecule has 0 aliphatic carbocycles. The van der Waals surface area contributed by atoms with E-state index in [9.17, 15) is 8.42 Å². The van der Waals surface area contributed by atoms with Gasteiger partial charge >= 0.3 is 0 Å². The zero-order chi connectivity index (χ0) is 20.4. The molecule has 28 heavy (non-hydrogen) atoms. The summed E-state index contributed by atoms with van der Waals surface area (Å²) >= 11 is 1.69. The third-order valence-corrected chi connectivity index (χ3v) is 6.34. The van der Waals surface area contributed by atoms with Crippen LogP contribution in [0.5, 0.6) is 0 Å². The molecular formula is C19H28N4O3S2. The number of nitrogens with zero attached hydrogens (tertiary/aromatic N) is 1. The van der Waals surface area contributed by atoms with Crippen molar-refractivity contribution in [2.45, 2.75) is 24.3 Å². The van der Waals surface area contributed by atoms with Gasteiger partial charge in [-0.25, -0.2) is 13.1 Å². The molecule has 1 unspecified atom stereocenters. The summed E-state index contributed by atoms with van der Waals surface area (Å²) < 4.78 is 32.0. The quantitative estimate of drug-likeness (QED) is 0.309. The Morgan fingerprint density at radius 1 is 1.29 bits per heavy atom. The monoisotopic (exact) mass is 424 g/mol. The number of ether oxygens (including phenoxy) is 1. The molecule has 9 heteroatoms. The highest BCUT2D eigenvalue weighted by Gasteiger charge is 2.14. The molecule has 0 spiro atoms. The van der Waals surface area contributed by atoms with Crippen molar-refractivity contribution < 1.29 is 13.2 Å². The Bertz CT molecular complexity index is 852. The van der Waals surface area contributed by atoms with Crippen LogP contribution in [0.2, 0.25) is 0 Å². The predicted octanol–water partition coefficient (Wildman–Crippen LogP) is 2.14. The maximum atomic E-state index is 12.3. The molecule has 0 amide bonds. The number of guanidine groups is 1. The van der Waals surface area contributed by atoms with Crippen LogP contribution in [0.25, 0.3) is 0 Å². The molecule has 3 N–H and O–H groups in total. The van der Waals surface area contributed by atoms with Crippen LogP contribution in [0.4, 0.5) is 0 Å². The average Bonchev–Trinajstić information content (AvgIpc) is 3.23. The van der Waals surface area contributed by atoms with E-state index in [1.54, 1.807) is 36.6 Å². The summed E-state index contributed by atoms with van der Waals surface area (Å²) in [6, 6.07) is 8.97. The van der Waals surface area contributed by atoms with Crippen LogP contribution < -0.4 is 15.4 Å². The van der Waals surface area contributed by atoms with Crippen LogP contribution in [-0.2, 0) is 21.3 Å². The summed E-state index contributed by atoms with van der Waals surface area (Å²) in [4.78, 5) is 4.46. The SMILES string of the molecule is CN=C(NCc1cccc(S(=O)(=O)NCCOC)c1)NCC(C)c1ccsc1. The third-order valence-electron chi connectivity index (χ3n) is 4.18. The third kappa shape index (κ3) is 6.90. The second-order valence-corrected chi connectivity index (χ2v) is 8.85. The van der Waals surface area contributed by atoms with Gasteiger partial charge in [0, 0.05) is 33.8 Å². The number of hydrogen-bond acceptors (Lipinski definition) is 5. The highest BCUT2D eigenvalue weighted by atomic mass is 32.2. The number of aliphatic imine (C=N–C) groups is 1. The Balaban J connectivity index is 1.90. The molecule has 1 aromatic heterocycles. The van der Waals surface area contributed by atoms with Crippen molar-refractivity contribution in [3.8, 4) is 0 Å². The van der Waals surface area contributed by atoms with Gasteiger partial charge in [0.1, 0.15) is 0 Å². The summed E-state index contributed by atoms with van der Waals surface area (Å²) in [7, 11) is -0.305. The lowest BCUT2D eigenvalue weighted by atomic mass is 10.1. The maximum Gasteiger partial charge on any atom is 0.240 e. The smallest absolute Gasteiger partial charge is 0.240 e. The van der Waals surface area contributed by atoms with E-state index in [1.165, 1.54) is 12.7 Å². The van der Waals surface area contributed by atoms with Crippen LogP contribution in [0.3, 0.4) is 0 Å². The van der Waals surface area contributed by atoms with Crippen molar-refractivity contribution in [2.75, 3.05) is 33.9 Å². The van der Waals surface area contributed by atoms with E-state index in [2.05, 4.69) is 44.1 Å². The van der Waals surface area contributed by atoms with Crippen molar-refractivity contribution in [3.05, 3.63) is 52.2 Å². The first-order chi connectivity index (χ1) is 13.5. The van der Waals surface area contributed by atoms with Crippen molar-refractivity contribution in [1.82, 2.24) is 15.4 Å². The maximum absolute atomic E-state index is 12.3. The van der Waals surface area contributed by atoms with Gasteiger partial charge in [0.25, 0.3) is 0 Å². The minimum Gasteiger partial charge on any atom is -0.383 e. The van der Waals surface area contributed by atoms with Crippen molar-refractivity contribution in [1.29, 1.82) is 0 Å². The summed E-state index contributed by atoms with van der Waals surface area (Å²) in [6.45, 7) is 3.95. The molecule has 0 saturated carbocycles. The van der Waals surface area contributed by atoms with Gasteiger partial charge in [-0.05, 0) is 46.0 Å². The fourth-order valence-electron chi connectivity index (χ4n) is 2.51. The molecular weight excluding hydrogens is 396 g/mol. The molecule has 0 aliphatic rings. The summed E-state index contributed by atoms with van der Waals surface area (Å²) in [5.41, 5.74) is 2.15. The molecule has 0 bridgehead atoms. The highest BCUT2D eigenvalue weighted by Crippen LogP contribution is 2.17. The van der Waals surface area contributed by atoms with Gasteiger partial charge in [0.15, 0.2) is 5.96 Å². The van der Waals surface area contributed by atoms with Crippen LogP contribution in [0, 0.1) is 0 Å². The van der Waals surface area contributed by atoms with Gasteiger partial charge in [-0.1, -0.05) is 19.1 Å². The minimum absolute atomic E-state index is 0.233. The Hall–Kier alpha value is -1.94. The lowest BCUT2D eigenvalue weighted by Gasteiger charge is -2.16. The van der Waals surface area contributed by atoms with Crippen LogP contribution in [0.1, 0.15) is 24.0 Å². The first-order valence-electron chi connectivity index (χ1n) is 9.00. The molecule has 0 fully saturated rings.